The minimum atomic E-state index is -1.47. The number of rotatable bonds is 10. The van der Waals surface area contributed by atoms with Crippen LogP contribution in [-0.2, 0) is 39.5 Å². The van der Waals surface area contributed by atoms with Crippen molar-refractivity contribution in [1.29, 1.82) is 0 Å². The predicted octanol–water partition coefficient (Wildman–Crippen LogP) is -8.97. The number of nitrogens with one attached hydrogen (secondary N) is 2. The van der Waals surface area contributed by atoms with Crippen LogP contribution >= 0.6 is 0 Å². The molecular weight excluding hydrogens is 575 g/mol. The maximum Gasteiger partial charge on any atom is 2.00 e. The molecule has 0 aromatic carbocycles. The van der Waals surface area contributed by atoms with Gasteiger partial charge in [-0.15, -0.1) is 0 Å². The van der Waals surface area contributed by atoms with Gasteiger partial charge in [-0.05, 0) is 12.8 Å². The molecule has 208 valence electrons. The molecule has 35 heavy (non-hydrogen) atoms. The molecular formula is C18H32N2O14Pd. The van der Waals surface area contributed by atoms with Gasteiger partial charge in [0.2, 0.25) is 0 Å². The van der Waals surface area contributed by atoms with Crippen LogP contribution in [0.25, 0.3) is 0 Å². The average molecular weight is 607 g/mol. The first-order chi connectivity index (χ1) is 15.9. The number of ether oxygens (including phenoxy) is 2. The van der Waals surface area contributed by atoms with Crippen molar-refractivity contribution >= 4 is 11.9 Å². The van der Waals surface area contributed by atoms with E-state index in [0.29, 0.717) is 0 Å². The molecule has 0 saturated carbocycles. The van der Waals surface area contributed by atoms with Gasteiger partial charge in [0.15, 0.2) is 0 Å². The first kappa shape index (κ1) is 34.1. The monoisotopic (exact) mass is 606 g/mol. The van der Waals surface area contributed by atoms with Gasteiger partial charge in [-0.1, -0.05) is 0 Å². The maximum absolute atomic E-state index is 10.2. The van der Waals surface area contributed by atoms with Crippen LogP contribution in [0.15, 0.2) is 0 Å². The molecule has 16 nitrogen and oxygen atoms in total. The maximum atomic E-state index is 10.2. The Balaban J connectivity index is 0.000000642. The standard InChI is InChI=1S/2C9H17NO7.Pd/c2*11-3-4-6(14)7(15)8(16)9(17-4)10-2-1-5(12)13;/h2*4,6-11,14-16H,1-3H2,(H,12,13);/q;;+2/p-2. The summed E-state index contributed by atoms with van der Waals surface area (Å²) in [5, 5.41) is 100. The molecule has 2 aliphatic rings. The van der Waals surface area contributed by atoms with Gasteiger partial charge in [0.1, 0.15) is 61.3 Å². The minimum absolute atomic E-state index is 0. The third-order valence-electron chi connectivity index (χ3n) is 5.13. The SMILES string of the molecule is O=C([O-])CCNC1OC(CO)C(O)C(O)C1O.O=C([O-])CCNC1OC(CO)C(O)C(O)C1O.[Pd+2]. The molecule has 10 N–H and O–H groups in total. The molecule has 0 aliphatic carbocycles. The molecule has 2 fully saturated rings. The molecule has 0 aromatic heterocycles. The van der Waals surface area contributed by atoms with Crippen molar-refractivity contribution in [2.24, 2.45) is 0 Å². The van der Waals surface area contributed by atoms with Crippen LogP contribution < -0.4 is 20.8 Å². The summed E-state index contributed by atoms with van der Waals surface area (Å²) < 4.78 is 10.2. The zero-order chi connectivity index (χ0) is 26.0. The van der Waals surface area contributed by atoms with Crippen LogP contribution in [-0.4, -0.2) is 140 Å². The Labute approximate surface area is 213 Å². The first-order valence-corrected chi connectivity index (χ1v) is 10.4. The molecule has 0 radical (unpaired) electrons. The largest absolute Gasteiger partial charge is 2.00 e. The van der Waals surface area contributed by atoms with E-state index in [-0.39, 0.29) is 46.4 Å². The van der Waals surface area contributed by atoms with Crippen molar-refractivity contribution < 1.29 is 90.6 Å². The second-order valence-corrected chi connectivity index (χ2v) is 7.65. The number of carbonyl (C=O) groups is 2. The fraction of sp³-hybridized carbons (Fsp3) is 0.889. The summed E-state index contributed by atoms with van der Waals surface area (Å²) in [6.45, 7) is -1.09. The third kappa shape index (κ3) is 10.6. The van der Waals surface area contributed by atoms with Crippen LogP contribution in [0.5, 0.6) is 0 Å². The summed E-state index contributed by atoms with van der Waals surface area (Å²) in [5.74, 6) is -2.52. The van der Waals surface area contributed by atoms with Crippen LogP contribution in [0.3, 0.4) is 0 Å². The van der Waals surface area contributed by atoms with Crippen LogP contribution in [0, 0.1) is 0 Å². The summed E-state index contributed by atoms with van der Waals surface area (Å²) in [4.78, 5) is 20.4. The van der Waals surface area contributed by atoms with Crippen LogP contribution in [0.1, 0.15) is 12.8 Å². The van der Waals surface area contributed by atoms with E-state index < -0.39 is 86.4 Å². The van der Waals surface area contributed by atoms with Gasteiger partial charge < -0.3 is 70.1 Å². The van der Waals surface area contributed by atoms with E-state index in [4.69, 9.17) is 19.7 Å². The number of carboxylic acid groups (broad SMARTS) is 2. The fourth-order valence-corrected chi connectivity index (χ4v) is 3.17. The van der Waals surface area contributed by atoms with E-state index in [2.05, 4.69) is 10.6 Å². The average Bonchev–Trinajstić information content (AvgIpc) is 2.79. The molecule has 2 heterocycles. The van der Waals surface area contributed by atoms with E-state index in [0.717, 1.165) is 0 Å². The molecule has 10 atom stereocenters. The van der Waals surface area contributed by atoms with E-state index in [1.165, 1.54) is 0 Å². The Morgan fingerprint density at radius 3 is 1.20 bits per heavy atom. The van der Waals surface area contributed by atoms with Gasteiger partial charge >= 0.3 is 20.4 Å². The molecule has 2 saturated heterocycles. The number of hydrogen-bond donors (Lipinski definition) is 10. The Hall–Kier alpha value is -0.878. The van der Waals surface area contributed by atoms with Crippen LogP contribution in [0.4, 0.5) is 0 Å². The molecule has 17 heteroatoms. The van der Waals surface area contributed by atoms with Crippen molar-refractivity contribution in [3.05, 3.63) is 0 Å². The number of hydrogen-bond acceptors (Lipinski definition) is 16. The van der Waals surface area contributed by atoms with Crippen molar-refractivity contribution in [3.8, 4) is 0 Å². The quantitative estimate of drug-likeness (QED) is 0.103. The molecule has 0 bridgehead atoms. The predicted molar refractivity (Wildman–Crippen MR) is 103 cm³/mol. The number of carboxylic acids is 2. The van der Waals surface area contributed by atoms with E-state index in [9.17, 15) is 50.4 Å². The van der Waals surface area contributed by atoms with Gasteiger partial charge in [0.05, 0.1) is 13.2 Å². The van der Waals surface area contributed by atoms with Crippen molar-refractivity contribution in [2.75, 3.05) is 26.3 Å². The second-order valence-electron chi connectivity index (χ2n) is 7.65. The summed E-state index contributed by atoms with van der Waals surface area (Å²) in [7, 11) is 0. The van der Waals surface area contributed by atoms with Gasteiger partial charge in [-0.3, -0.25) is 10.6 Å². The van der Waals surface area contributed by atoms with E-state index in [1.54, 1.807) is 0 Å². The Morgan fingerprint density at radius 2 is 0.943 bits per heavy atom. The fourth-order valence-electron chi connectivity index (χ4n) is 3.17. The minimum Gasteiger partial charge on any atom is -0.550 e. The van der Waals surface area contributed by atoms with Crippen molar-refractivity contribution in [3.63, 3.8) is 0 Å². The molecule has 0 amide bonds. The van der Waals surface area contributed by atoms with Gasteiger partial charge in [0, 0.05) is 25.0 Å². The number of aliphatic carboxylic acids is 2. The van der Waals surface area contributed by atoms with Gasteiger partial charge in [-0.25, -0.2) is 0 Å². The normalized spacial score (nSPS) is 36.9. The van der Waals surface area contributed by atoms with E-state index >= 15 is 0 Å². The second kappa shape index (κ2) is 16.8. The Bertz CT molecular complexity index is 578. The van der Waals surface area contributed by atoms with Crippen LogP contribution in [0.2, 0.25) is 0 Å². The number of carbonyl (C=O) groups excluding carboxylic acids is 2. The molecule has 0 aromatic rings. The molecule has 2 rings (SSSR count). The summed E-state index contributed by atoms with van der Waals surface area (Å²) >= 11 is 0. The molecule has 2 aliphatic heterocycles. The summed E-state index contributed by atoms with van der Waals surface area (Å²) in [5.41, 5.74) is 0. The smallest absolute Gasteiger partial charge is 0.550 e. The summed E-state index contributed by atoms with van der Waals surface area (Å²) in [6.07, 6.45) is -13.3. The third-order valence-corrected chi connectivity index (χ3v) is 5.13. The van der Waals surface area contributed by atoms with Crippen molar-refractivity contribution in [1.82, 2.24) is 10.6 Å². The van der Waals surface area contributed by atoms with Crippen molar-refractivity contribution in [2.45, 2.75) is 74.1 Å². The Kier molecular flexibility index (Phi) is 16.4. The molecule has 0 spiro atoms. The topological polar surface area (TPSA) is 285 Å². The number of aliphatic hydroxyl groups is 8. The number of aliphatic hydroxyl groups excluding tert-OH is 8. The van der Waals surface area contributed by atoms with Gasteiger partial charge in [-0.2, -0.15) is 0 Å². The Morgan fingerprint density at radius 1 is 0.629 bits per heavy atom. The van der Waals surface area contributed by atoms with E-state index in [1.807, 2.05) is 0 Å². The summed E-state index contributed by atoms with van der Waals surface area (Å²) in [6, 6.07) is 0. The zero-order valence-corrected chi connectivity index (χ0v) is 19.9. The first-order valence-electron chi connectivity index (χ1n) is 10.4. The molecule has 10 unspecified atom stereocenters. The zero-order valence-electron chi connectivity index (χ0n) is 18.4. The van der Waals surface area contributed by atoms with Gasteiger partial charge in [0.25, 0.3) is 0 Å².